The Balaban J connectivity index is 2.18. The number of hydrogen-bond acceptors (Lipinski definition) is 3. The SMILES string of the molecule is CC(=O)N1CCCN(c2cc(F)c(I)cc2N)CC1. The van der Waals surface area contributed by atoms with Gasteiger partial charge in [0.1, 0.15) is 5.82 Å². The number of carbonyl (C=O) groups is 1. The molecule has 1 aliphatic rings. The lowest BCUT2D eigenvalue weighted by atomic mass is 10.2. The van der Waals surface area contributed by atoms with Crippen LogP contribution in [0.15, 0.2) is 12.1 Å². The third kappa shape index (κ3) is 3.29. The first-order valence-electron chi connectivity index (χ1n) is 6.24. The van der Waals surface area contributed by atoms with E-state index in [1.165, 1.54) is 6.07 Å². The maximum absolute atomic E-state index is 13.7. The molecule has 0 radical (unpaired) electrons. The van der Waals surface area contributed by atoms with Crippen LogP contribution in [0.5, 0.6) is 0 Å². The van der Waals surface area contributed by atoms with Gasteiger partial charge in [-0.25, -0.2) is 4.39 Å². The fourth-order valence-corrected chi connectivity index (χ4v) is 2.79. The van der Waals surface area contributed by atoms with E-state index in [1.807, 2.05) is 27.5 Å². The fourth-order valence-electron chi connectivity index (χ4n) is 2.30. The lowest BCUT2D eigenvalue weighted by molar-refractivity contribution is -0.128. The summed E-state index contributed by atoms with van der Waals surface area (Å²) in [6.45, 7) is 4.45. The van der Waals surface area contributed by atoms with Crippen LogP contribution in [-0.4, -0.2) is 37.0 Å². The first kappa shape index (κ1) is 14.4. The van der Waals surface area contributed by atoms with Crippen LogP contribution >= 0.6 is 22.6 Å². The summed E-state index contributed by atoms with van der Waals surface area (Å²) >= 11 is 1.93. The Morgan fingerprint density at radius 1 is 1.32 bits per heavy atom. The number of nitrogen functional groups attached to an aromatic ring is 1. The van der Waals surface area contributed by atoms with Gasteiger partial charge in [-0.05, 0) is 35.1 Å². The van der Waals surface area contributed by atoms with E-state index in [2.05, 4.69) is 4.90 Å². The number of nitrogens with two attached hydrogens (primary N) is 1. The molecule has 4 nitrogen and oxygen atoms in total. The number of anilines is 2. The molecule has 2 rings (SSSR count). The van der Waals surface area contributed by atoms with E-state index < -0.39 is 0 Å². The zero-order valence-corrected chi connectivity index (χ0v) is 13.0. The smallest absolute Gasteiger partial charge is 0.219 e. The number of amides is 1. The Morgan fingerprint density at radius 3 is 2.74 bits per heavy atom. The van der Waals surface area contributed by atoms with Gasteiger partial charge in [-0.15, -0.1) is 0 Å². The third-order valence-corrected chi connectivity index (χ3v) is 4.18. The molecule has 1 aromatic rings. The standard InChI is InChI=1S/C13H17FIN3O/c1-9(19)17-3-2-4-18(6-5-17)13-7-10(14)11(15)8-12(13)16/h7-8H,2-6,16H2,1H3. The zero-order chi connectivity index (χ0) is 14.0. The third-order valence-electron chi connectivity index (χ3n) is 3.35. The van der Waals surface area contributed by atoms with E-state index in [0.717, 1.165) is 25.2 Å². The Labute approximate surface area is 125 Å². The van der Waals surface area contributed by atoms with Crippen molar-refractivity contribution in [1.82, 2.24) is 4.90 Å². The predicted molar refractivity (Wildman–Crippen MR) is 82.6 cm³/mol. The van der Waals surface area contributed by atoms with Crippen LogP contribution in [0.2, 0.25) is 0 Å². The molecule has 0 bridgehead atoms. The average Bonchev–Trinajstić information content (AvgIpc) is 2.59. The molecule has 0 atom stereocenters. The molecule has 0 aliphatic carbocycles. The van der Waals surface area contributed by atoms with Crippen molar-refractivity contribution in [2.75, 3.05) is 36.8 Å². The highest BCUT2D eigenvalue weighted by Gasteiger charge is 2.19. The van der Waals surface area contributed by atoms with Crippen molar-refractivity contribution >= 4 is 39.9 Å². The largest absolute Gasteiger partial charge is 0.397 e. The van der Waals surface area contributed by atoms with Crippen molar-refractivity contribution in [1.29, 1.82) is 0 Å². The quantitative estimate of drug-likeness (QED) is 0.602. The molecule has 0 spiro atoms. The number of halogens is 2. The second-order valence-corrected chi connectivity index (χ2v) is 5.83. The summed E-state index contributed by atoms with van der Waals surface area (Å²) in [6, 6.07) is 3.14. The monoisotopic (exact) mass is 377 g/mol. The normalized spacial score (nSPS) is 16.4. The molecule has 0 saturated carbocycles. The molecule has 1 aromatic carbocycles. The van der Waals surface area contributed by atoms with Crippen molar-refractivity contribution in [2.24, 2.45) is 0 Å². The molecule has 1 saturated heterocycles. The lowest BCUT2D eigenvalue weighted by Crippen LogP contribution is -2.33. The molecular formula is C13H17FIN3O. The summed E-state index contributed by atoms with van der Waals surface area (Å²) in [4.78, 5) is 15.3. The van der Waals surface area contributed by atoms with Gasteiger partial charge in [0.2, 0.25) is 5.91 Å². The van der Waals surface area contributed by atoms with Crippen LogP contribution in [0.4, 0.5) is 15.8 Å². The van der Waals surface area contributed by atoms with Crippen molar-refractivity contribution in [2.45, 2.75) is 13.3 Å². The van der Waals surface area contributed by atoms with Gasteiger partial charge in [-0.3, -0.25) is 4.79 Å². The van der Waals surface area contributed by atoms with Crippen LogP contribution in [0.3, 0.4) is 0 Å². The van der Waals surface area contributed by atoms with E-state index >= 15 is 0 Å². The van der Waals surface area contributed by atoms with Gasteiger partial charge in [0.15, 0.2) is 0 Å². The second kappa shape index (κ2) is 5.94. The number of benzene rings is 1. The summed E-state index contributed by atoms with van der Waals surface area (Å²) in [5.41, 5.74) is 7.28. The minimum atomic E-state index is -0.252. The summed E-state index contributed by atoms with van der Waals surface area (Å²) in [5.74, 6) is -0.166. The fraction of sp³-hybridized carbons (Fsp3) is 0.462. The van der Waals surface area contributed by atoms with Gasteiger partial charge in [0, 0.05) is 39.2 Å². The Kier molecular flexibility index (Phi) is 4.49. The van der Waals surface area contributed by atoms with Crippen LogP contribution in [0.25, 0.3) is 0 Å². The van der Waals surface area contributed by atoms with Gasteiger partial charge < -0.3 is 15.5 Å². The van der Waals surface area contributed by atoms with E-state index in [4.69, 9.17) is 5.73 Å². The molecule has 1 heterocycles. The minimum absolute atomic E-state index is 0.0867. The maximum atomic E-state index is 13.7. The molecule has 104 valence electrons. The maximum Gasteiger partial charge on any atom is 0.219 e. The van der Waals surface area contributed by atoms with Crippen molar-refractivity contribution < 1.29 is 9.18 Å². The van der Waals surface area contributed by atoms with E-state index in [0.29, 0.717) is 22.3 Å². The first-order chi connectivity index (χ1) is 8.99. The van der Waals surface area contributed by atoms with Crippen LogP contribution in [0, 0.1) is 9.39 Å². The Hall–Kier alpha value is -1.05. The highest BCUT2D eigenvalue weighted by Crippen LogP contribution is 2.28. The number of hydrogen-bond donors (Lipinski definition) is 1. The summed E-state index contributed by atoms with van der Waals surface area (Å²) in [7, 11) is 0. The molecule has 0 unspecified atom stereocenters. The van der Waals surface area contributed by atoms with Gasteiger partial charge in [0.05, 0.1) is 14.9 Å². The minimum Gasteiger partial charge on any atom is -0.397 e. The molecule has 2 N–H and O–H groups in total. The van der Waals surface area contributed by atoms with Crippen LogP contribution in [0.1, 0.15) is 13.3 Å². The molecule has 0 aromatic heterocycles. The first-order valence-corrected chi connectivity index (χ1v) is 7.32. The van der Waals surface area contributed by atoms with Crippen molar-refractivity contribution in [3.8, 4) is 0 Å². The van der Waals surface area contributed by atoms with Crippen molar-refractivity contribution in [3.05, 3.63) is 21.5 Å². The van der Waals surface area contributed by atoms with Crippen molar-refractivity contribution in [3.63, 3.8) is 0 Å². The molecule has 6 heteroatoms. The summed E-state index contributed by atoms with van der Waals surface area (Å²) < 4.78 is 14.2. The second-order valence-electron chi connectivity index (χ2n) is 4.67. The molecule has 19 heavy (non-hydrogen) atoms. The topological polar surface area (TPSA) is 49.6 Å². The van der Waals surface area contributed by atoms with Gasteiger partial charge in [-0.2, -0.15) is 0 Å². The van der Waals surface area contributed by atoms with Crippen LogP contribution in [-0.2, 0) is 4.79 Å². The molecule has 1 amide bonds. The van der Waals surface area contributed by atoms with E-state index in [-0.39, 0.29) is 11.7 Å². The molecular weight excluding hydrogens is 360 g/mol. The highest BCUT2D eigenvalue weighted by atomic mass is 127. The Morgan fingerprint density at radius 2 is 2.05 bits per heavy atom. The lowest BCUT2D eigenvalue weighted by Gasteiger charge is -2.25. The molecule has 1 aliphatic heterocycles. The Bertz CT molecular complexity index is 495. The average molecular weight is 377 g/mol. The summed E-state index contributed by atoms with van der Waals surface area (Å²) in [5, 5.41) is 0. The molecule has 1 fully saturated rings. The van der Waals surface area contributed by atoms with Gasteiger partial charge in [-0.1, -0.05) is 0 Å². The van der Waals surface area contributed by atoms with Gasteiger partial charge >= 0.3 is 0 Å². The summed E-state index contributed by atoms with van der Waals surface area (Å²) in [6.07, 6.45) is 0.868. The highest BCUT2D eigenvalue weighted by molar-refractivity contribution is 14.1. The van der Waals surface area contributed by atoms with Crippen LogP contribution < -0.4 is 10.6 Å². The van der Waals surface area contributed by atoms with E-state index in [1.54, 1.807) is 13.0 Å². The predicted octanol–water partition coefficient (Wildman–Crippen LogP) is 2.07. The number of rotatable bonds is 1. The zero-order valence-electron chi connectivity index (χ0n) is 10.8. The number of nitrogens with zero attached hydrogens (tertiary/aromatic N) is 2. The number of carbonyl (C=O) groups excluding carboxylic acids is 1. The van der Waals surface area contributed by atoms with Gasteiger partial charge in [0.25, 0.3) is 0 Å². The van der Waals surface area contributed by atoms with E-state index in [9.17, 15) is 9.18 Å².